The van der Waals surface area contributed by atoms with Crippen LogP contribution in [0.15, 0.2) is 17.2 Å². The lowest BCUT2D eigenvalue weighted by Gasteiger charge is -2.06. The molecule has 11 heteroatoms. The van der Waals surface area contributed by atoms with Crippen molar-refractivity contribution < 1.29 is 8.42 Å². The smallest absolute Gasteiger partial charge is 0.268 e. The van der Waals surface area contributed by atoms with Crippen LogP contribution in [-0.4, -0.2) is 28.2 Å². The fourth-order valence-corrected chi connectivity index (χ4v) is 3.08. The van der Waals surface area contributed by atoms with Crippen LogP contribution in [0.1, 0.15) is 13.3 Å². The van der Waals surface area contributed by atoms with Crippen LogP contribution in [0.2, 0.25) is 10.4 Å². The van der Waals surface area contributed by atoms with Gasteiger partial charge in [-0.25, -0.2) is 13.4 Å². The first kappa shape index (κ1) is 15.8. The molecule has 0 aromatic carbocycles. The highest BCUT2D eigenvalue weighted by Gasteiger charge is 2.22. The number of nitrogens with two attached hydrogens (primary N) is 1. The van der Waals surface area contributed by atoms with Crippen molar-refractivity contribution in [3.63, 3.8) is 0 Å². The van der Waals surface area contributed by atoms with Crippen molar-refractivity contribution in [1.29, 1.82) is 0 Å². The van der Waals surface area contributed by atoms with Gasteiger partial charge in [0.05, 0.1) is 0 Å². The Morgan fingerprint density at radius 1 is 1.38 bits per heavy atom. The second kappa shape index (κ2) is 6.04. The van der Waals surface area contributed by atoms with Crippen LogP contribution >= 0.6 is 23.2 Å². The van der Waals surface area contributed by atoms with Gasteiger partial charge in [0.15, 0.2) is 5.82 Å². The van der Waals surface area contributed by atoms with Gasteiger partial charge in [-0.1, -0.05) is 18.5 Å². The molecule has 114 valence electrons. The van der Waals surface area contributed by atoms with Crippen LogP contribution in [0.3, 0.4) is 0 Å². The molecular weight excluding hydrogens is 339 g/mol. The Hall–Kier alpha value is -1.58. The topological polar surface area (TPSA) is 116 Å². The molecular formula is C10H12Cl2N6O2S. The summed E-state index contributed by atoms with van der Waals surface area (Å²) in [6.45, 7) is 2.50. The normalized spacial score (nSPS) is 11.6. The molecule has 0 aliphatic heterocycles. The summed E-state index contributed by atoms with van der Waals surface area (Å²) in [6.07, 6.45) is 2.15. The molecule has 0 atom stereocenters. The Morgan fingerprint density at radius 2 is 2.10 bits per heavy atom. The molecule has 0 amide bonds. The molecule has 2 aromatic rings. The monoisotopic (exact) mass is 350 g/mol. The minimum atomic E-state index is -3.94. The average Bonchev–Trinajstić information content (AvgIpc) is 2.69. The summed E-state index contributed by atoms with van der Waals surface area (Å²) >= 11 is 11.3. The predicted molar refractivity (Wildman–Crippen MR) is 79.8 cm³/mol. The van der Waals surface area contributed by atoms with Gasteiger partial charge in [0.1, 0.15) is 15.9 Å². The van der Waals surface area contributed by atoms with Gasteiger partial charge in [-0.2, -0.15) is 10.1 Å². The number of nitrogens with zero attached hydrogens (tertiary/aromatic N) is 4. The fraction of sp³-hybridized carbons (Fsp3) is 0.300. The van der Waals surface area contributed by atoms with E-state index in [9.17, 15) is 8.42 Å². The van der Waals surface area contributed by atoms with Crippen molar-refractivity contribution in [2.45, 2.75) is 24.8 Å². The van der Waals surface area contributed by atoms with Crippen molar-refractivity contribution >= 4 is 44.9 Å². The molecule has 0 radical (unpaired) electrons. The maximum Gasteiger partial charge on any atom is 0.268 e. The van der Waals surface area contributed by atoms with Gasteiger partial charge in [-0.05, 0) is 18.0 Å². The van der Waals surface area contributed by atoms with Crippen LogP contribution in [0.4, 0.5) is 11.6 Å². The molecule has 0 fully saturated rings. The van der Waals surface area contributed by atoms with Crippen molar-refractivity contribution in [2.24, 2.45) is 0 Å². The number of aromatic nitrogens is 4. The summed E-state index contributed by atoms with van der Waals surface area (Å²) < 4.78 is 28.2. The molecule has 0 saturated carbocycles. The highest BCUT2D eigenvalue weighted by Crippen LogP contribution is 2.21. The maximum absolute atomic E-state index is 12.3. The molecule has 0 unspecified atom stereocenters. The van der Waals surface area contributed by atoms with Crippen molar-refractivity contribution in [2.75, 3.05) is 10.5 Å². The van der Waals surface area contributed by atoms with E-state index in [1.165, 1.54) is 16.9 Å². The molecule has 3 N–H and O–H groups in total. The fourth-order valence-electron chi connectivity index (χ4n) is 1.60. The molecule has 0 aliphatic rings. The molecule has 2 aromatic heterocycles. The van der Waals surface area contributed by atoms with E-state index in [-0.39, 0.29) is 27.0 Å². The van der Waals surface area contributed by atoms with E-state index < -0.39 is 10.0 Å². The lowest BCUT2D eigenvalue weighted by atomic mass is 10.5. The number of nitrogens with one attached hydrogen (secondary N) is 1. The van der Waals surface area contributed by atoms with Crippen LogP contribution in [0.25, 0.3) is 0 Å². The Balaban J connectivity index is 2.33. The number of hydrogen-bond donors (Lipinski definition) is 2. The molecule has 2 rings (SSSR count). The zero-order valence-electron chi connectivity index (χ0n) is 10.9. The summed E-state index contributed by atoms with van der Waals surface area (Å²) in [5.41, 5.74) is 5.64. The SMILES string of the molecule is CCCn1cc(S(=O)(=O)Nc2cc(Cl)nc(Cl)n2)c(N)n1. The minimum absolute atomic E-state index is 0.0161. The average molecular weight is 351 g/mol. The molecule has 8 nitrogen and oxygen atoms in total. The van der Waals surface area contributed by atoms with Crippen LogP contribution in [-0.2, 0) is 16.6 Å². The lowest BCUT2D eigenvalue weighted by Crippen LogP contribution is -2.15. The van der Waals surface area contributed by atoms with Gasteiger partial charge in [0.25, 0.3) is 10.0 Å². The zero-order chi connectivity index (χ0) is 15.6. The zero-order valence-corrected chi connectivity index (χ0v) is 13.2. The Kier molecular flexibility index (Phi) is 4.55. The van der Waals surface area contributed by atoms with E-state index in [0.717, 1.165) is 6.42 Å². The van der Waals surface area contributed by atoms with E-state index in [2.05, 4.69) is 19.8 Å². The highest BCUT2D eigenvalue weighted by molar-refractivity contribution is 7.92. The summed E-state index contributed by atoms with van der Waals surface area (Å²) in [5, 5.41) is 3.78. The second-order valence-electron chi connectivity index (χ2n) is 4.09. The number of halogens is 2. The first-order chi connectivity index (χ1) is 9.81. The lowest BCUT2D eigenvalue weighted by molar-refractivity contribution is 0.595. The van der Waals surface area contributed by atoms with Gasteiger partial charge in [-0.15, -0.1) is 0 Å². The van der Waals surface area contributed by atoms with Gasteiger partial charge in [-0.3, -0.25) is 9.40 Å². The molecule has 0 saturated heterocycles. The number of rotatable bonds is 5. The number of anilines is 2. The molecule has 21 heavy (non-hydrogen) atoms. The highest BCUT2D eigenvalue weighted by atomic mass is 35.5. The first-order valence-electron chi connectivity index (χ1n) is 5.87. The number of sulfonamides is 1. The predicted octanol–water partition coefficient (Wildman–Crippen LogP) is 1.77. The summed E-state index contributed by atoms with van der Waals surface area (Å²) in [7, 11) is -3.94. The van der Waals surface area contributed by atoms with Gasteiger partial charge in [0.2, 0.25) is 5.28 Å². The third-order valence-corrected chi connectivity index (χ3v) is 4.14. The van der Waals surface area contributed by atoms with Crippen molar-refractivity contribution in [3.05, 3.63) is 22.7 Å². The molecule has 2 heterocycles. The third-order valence-electron chi connectivity index (χ3n) is 2.40. The van der Waals surface area contributed by atoms with Gasteiger partial charge in [0, 0.05) is 18.8 Å². The summed E-state index contributed by atoms with van der Waals surface area (Å²) in [5.74, 6) is -0.148. The van der Waals surface area contributed by atoms with Crippen LogP contribution in [0, 0.1) is 0 Å². The third kappa shape index (κ3) is 3.74. The molecule has 0 spiro atoms. The standard InChI is InChI=1S/C10H12Cl2N6O2S/c1-2-3-18-5-6(9(13)16-18)21(19,20)17-8-4-7(11)14-10(12)15-8/h4-5H,2-3H2,1H3,(H2,13,16)(H,14,15,17). The molecule has 0 bridgehead atoms. The van der Waals surface area contributed by atoms with E-state index in [4.69, 9.17) is 28.9 Å². The van der Waals surface area contributed by atoms with Crippen LogP contribution in [0.5, 0.6) is 0 Å². The van der Waals surface area contributed by atoms with E-state index in [0.29, 0.717) is 6.54 Å². The first-order valence-corrected chi connectivity index (χ1v) is 8.11. The van der Waals surface area contributed by atoms with Crippen molar-refractivity contribution in [3.8, 4) is 0 Å². The van der Waals surface area contributed by atoms with E-state index in [1.807, 2.05) is 6.92 Å². The summed E-state index contributed by atoms with van der Waals surface area (Å²) in [6, 6.07) is 1.23. The van der Waals surface area contributed by atoms with E-state index in [1.54, 1.807) is 0 Å². The van der Waals surface area contributed by atoms with Gasteiger partial charge < -0.3 is 5.73 Å². The van der Waals surface area contributed by atoms with Crippen molar-refractivity contribution in [1.82, 2.24) is 19.7 Å². The maximum atomic E-state index is 12.3. The second-order valence-corrected chi connectivity index (χ2v) is 6.47. The number of aryl methyl sites for hydroxylation is 1. The Morgan fingerprint density at radius 3 is 2.71 bits per heavy atom. The van der Waals surface area contributed by atoms with E-state index >= 15 is 0 Å². The largest absolute Gasteiger partial charge is 0.381 e. The Bertz CT molecular complexity index is 741. The quantitative estimate of drug-likeness (QED) is 0.627. The minimum Gasteiger partial charge on any atom is -0.381 e. The number of hydrogen-bond acceptors (Lipinski definition) is 6. The van der Waals surface area contributed by atoms with Crippen LogP contribution < -0.4 is 10.5 Å². The number of nitrogen functional groups attached to an aromatic ring is 1. The molecule has 0 aliphatic carbocycles. The van der Waals surface area contributed by atoms with Gasteiger partial charge >= 0.3 is 0 Å². The summed E-state index contributed by atoms with van der Waals surface area (Å²) in [4.78, 5) is 7.22. The Labute approximate surface area is 131 Å².